The number of halogens is 1. The highest BCUT2D eigenvalue weighted by molar-refractivity contribution is 9.10. The van der Waals surface area contributed by atoms with Crippen LogP contribution in [0.4, 0.5) is 5.69 Å². The molecule has 2 heterocycles. The fourth-order valence-electron chi connectivity index (χ4n) is 4.19. The van der Waals surface area contributed by atoms with Gasteiger partial charge in [-0.05, 0) is 55.0 Å². The number of hydrogen-bond donors (Lipinski definition) is 1. The second-order valence-electron chi connectivity index (χ2n) is 8.16. The van der Waals surface area contributed by atoms with Gasteiger partial charge in [0.25, 0.3) is 11.8 Å². The Morgan fingerprint density at radius 1 is 1.00 bits per heavy atom. The van der Waals surface area contributed by atoms with Crippen molar-refractivity contribution in [3.8, 4) is 0 Å². The molecule has 1 aliphatic heterocycles. The normalized spacial score (nSPS) is 15.3. The number of benzene rings is 3. The largest absolute Gasteiger partial charge is 0.342 e. The van der Waals surface area contributed by atoms with Crippen LogP contribution >= 0.6 is 28.1 Å². The molecule has 1 aliphatic rings. The Morgan fingerprint density at radius 3 is 2.59 bits per heavy atom. The molecule has 1 saturated heterocycles. The van der Waals surface area contributed by atoms with Gasteiger partial charge in [0.15, 0.2) is 5.11 Å². The van der Waals surface area contributed by atoms with E-state index in [0.29, 0.717) is 12.2 Å². The Bertz CT molecular complexity index is 1500. The monoisotopic (exact) mass is 529 g/mol. The summed E-state index contributed by atoms with van der Waals surface area (Å²) in [5, 5.41) is 3.68. The molecule has 5 rings (SSSR count). The number of aromatic nitrogens is 1. The molecule has 1 aromatic heterocycles. The van der Waals surface area contributed by atoms with Crippen molar-refractivity contribution >= 4 is 67.7 Å². The van der Waals surface area contributed by atoms with Gasteiger partial charge in [0.2, 0.25) is 0 Å². The number of amides is 2. The Hall–Kier alpha value is -3.55. The molecule has 3 aromatic carbocycles. The van der Waals surface area contributed by atoms with E-state index in [9.17, 15) is 9.59 Å². The standard InChI is InChI=1S/C27H20BrN3O2S/c1-17-6-4-7-18(12-17)15-30-16-19(22-10-2-3-11-24(22)30)13-23-25(32)29-27(34)31(26(23)33)21-9-5-8-20(28)14-21/h2-14,16H,15H2,1H3,(H,29,32,34)/b23-13+. The molecule has 0 saturated carbocycles. The van der Waals surface area contributed by atoms with E-state index < -0.39 is 11.8 Å². The summed E-state index contributed by atoms with van der Waals surface area (Å²) < 4.78 is 2.94. The molecule has 7 heteroatoms. The second-order valence-corrected chi connectivity index (χ2v) is 9.46. The summed E-state index contributed by atoms with van der Waals surface area (Å²) in [6, 6.07) is 23.6. The van der Waals surface area contributed by atoms with Crippen molar-refractivity contribution in [1.29, 1.82) is 0 Å². The number of rotatable bonds is 4. The van der Waals surface area contributed by atoms with Gasteiger partial charge in [-0.1, -0.05) is 70.0 Å². The average molecular weight is 530 g/mol. The van der Waals surface area contributed by atoms with Crippen molar-refractivity contribution in [2.45, 2.75) is 13.5 Å². The molecule has 34 heavy (non-hydrogen) atoms. The molecule has 0 radical (unpaired) electrons. The third-order valence-electron chi connectivity index (χ3n) is 5.72. The van der Waals surface area contributed by atoms with Gasteiger partial charge in [0.1, 0.15) is 5.57 Å². The number of fused-ring (bicyclic) bond motifs is 1. The van der Waals surface area contributed by atoms with Gasteiger partial charge < -0.3 is 4.57 Å². The number of nitrogens with zero attached hydrogens (tertiary/aromatic N) is 2. The van der Waals surface area contributed by atoms with Crippen LogP contribution in [0.15, 0.2) is 89.0 Å². The lowest BCUT2D eigenvalue weighted by molar-refractivity contribution is -0.122. The maximum atomic E-state index is 13.4. The van der Waals surface area contributed by atoms with Gasteiger partial charge in [-0.25, -0.2) is 0 Å². The van der Waals surface area contributed by atoms with Crippen molar-refractivity contribution in [2.75, 3.05) is 4.90 Å². The second kappa shape index (κ2) is 9.00. The van der Waals surface area contributed by atoms with E-state index in [1.165, 1.54) is 16.0 Å². The summed E-state index contributed by atoms with van der Waals surface area (Å²) in [6.07, 6.45) is 3.64. The number of hydrogen-bond acceptors (Lipinski definition) is 3. The third-order valence-corrected chi connectivity index (χ3v) is 6.50. The number of nitrogens with one attached hydrogen (secondary N) is 1. The summed E-state index contributed by atoms with van der Waals surface area (Å²) in [7, 11) is 0. The lowest BCUT2D eigenvalue weighted by Gasteiger charge is -2.29. The first-order chi connectivity index (χ1) is 16.4. The smallest absolute Gasteiger partial charge is 0.270 e. The zero-order valence-corrected chi connectivity index (χ0v) is 20.7. The highest BCUT2D eigenvalue weighted by Gasteiger charge is 2.34. The van der Waals surface area contributed by atoms with E-state index in [2.05, 4.69) is 50.9 Å². The van der Waals surface area contributed by atoms with Gasteiger partial charge in [-0.3, -0.25) is 19.8 Å². The summed E-state index contributed by atoms with van der Waals surface area (Å²) in [5.41, 5.74) is 4.81. The topological polar surface area (TPSA) is 54.3 Å². The van der Waals surface area contributed by atoms with Crippen molar-refractivity contribution in [2.24, 2.45) is 0 Å². The molecule has 0 aliphatic carbocycles. The van der Waals surface area contributed by atoms with Crippen LogP contribution in [0.5, 0.6) is 0 Å². The van der Waals surface area contributed by atoms with E-state index in [1.807, 2.05) is 48.7 Å². The van der Waals surface area contributed by atoms with Crippen molar-refractivity contribution in [3.63, 3.8) is 0 Å². The minimum atomic E-state index is -0.503. The minimum Gasteiger partial charge on any atom is -0.342 e. The zero-order valence-electron chi connectivity index (χ0n) is 18.3. The summed E-state index contributed by atoms with van der Waals surface area (Å²) in [6.45, 7) is 2.75. The van der Waals surface area contributed by atoms with Crippen LogP contribution in [0.25, 0.3) is 17.0 Å². The number of anilines is 1. The van der Waals surface area contributed by atoms with E-state index in [1.54, 1.807) is 18.2 Å². The molecule has 2 amide bonds. The molecular formula is C27H20BrN3O2S. The number of carbonyl (C=O) groups is 2. The molecule has 0 bridgehead atoms. The van der Waals surface area contributed by atoms with Crippen LogP contribution in [-0.4, -0.2) is 21.5 Å². The zero-order chi connectivity index (χ0) is 23.8. The van der Waals surface area contributed by atoms with Crippen molar-refractivity contribution in [3.05, 3.63) is 106 Å². The SMILES string of the molecule is Cc1cccc(Cn2cc(/C=C3\C(=O)NC(=S)N(c4cccc(Br)c4)C3=O)c3ccccc32)c1. The molecule has 1 fully saturated rings. The maximum Gasteiger partial charge on any atom is 0.270 e. The molecule has 5 nitrogen and oxygen atoms in total. The average Bonchev–Trinajstić information content (AvgIpc) is 3.14. The Kier molecular flexibility index (Phi) is 5.89. The first-order valence-corrected chi connectivity index (χ1v) is 11.9. The fourth-order valence-corrected chi connectivity index (χ4v) is 4.86. The third kappa shape index (κ3) is 4.20. The van der Waals surface area contributed by atoms with Gasteiger partial charge in [0.05, 0.1) is 5.69 Å². The van der Waals surface area contributed by atoms with Gasteiger partial charge in [0, 0.05) is 33.7 Å². The van der Waals surface area contributed by atoms with Crippen LogP contribution in [-0.2, 0) is 16.1 Å². The molecular weight excluding hydrogens is 510 g/mol. The van der Waals surface area contributed by atoms with Gasteiger partial charge in [-0.2, -0.15) is 0 Å². The lowest BCUT2D eigenvalue weighted by atomic mass is 10.1. The molecule has 168 valence electrons. The number of aryl methyl sites for hydroxylation is 1. The van der Waals surface area contributed by atoms with E-state index >= 15 is 0 Å². The number of carbonyl (C=O) groups excluding carboxylic acids is 2. The highest BCUT2D eigenvalue weighted by atomic mass is 79.9. The van der Waals surface area contributed by atoms with E-state index in [4.69, 9.17) is 12.2 Å². The van der Waals surface area contributed by atoms with Crippen LogP contribution in [0.3, 0.4) is 0 Å². The van der Waals surface area contributed by atoms with E-state index in [-0.39, 0.29) is 10.7 Å². The van der Waals surface area contributed by atoms with Gasteiger partial charge in [-0.15, -0.1) is 0 Å². The molecule has 1 N–H and O–H groups in total. The predicted molar refractivity (Wildman–Crippen MR) is 143 cm³/mol. The highest BCUT2D eigenvalue weighted by Crippen LogP contribution is 2.28. The Labute approximate surface area is 210 Å². The number of para-hydroxylation sites is 1. The number of thiocarbonyl (C=S) groups is 1. The van der Waals surface area contributed by atoms with Crippen LogP contribution in [0.2, 0.25) is 0 Å². The molecule has 0 spiro atoms. The molecule has 0 atom stereocenters. The van der Waals surface area contributed by atoms with Crippen LogP contribution < -0.4 is 10.2 Å². The first-order valence-electron chi connectivity index (χ1n) is 10.7. The van der Waals surface area contributed by atoms with E-state index in [0.717, 1.165) is 20.9 Å². The van der Waals surface area contributed by atoms with Crippen LogP contribution in [0.1, 0.15) is 16.7 Å². The lowest BCUT2D eigenvalue weighted by Crippen LogP contribution is -2.54. The predicted octanol–water partition coefficient (Wildman–Crippen LogP) is 5.59. The fraction of sp³-hybridized carbons (Fsp3) is 0.0741. The van der Waals surface area contributed by atoms with Gasteiger partial charge >= 0.3 is 0 Å². The summed E-state index contributed by atoms with van der Waals surface area (Å²) in [5.74, 6) is -0.959. The van der Waals surface area contributed by atoms with Crippen molar-refractivity contribution < 1.29 is 9.59 Å². The Balaban J connectivity index is 1.57. The van der Waals surface area contributed by atoms with Crippen molar-refractivity contribution in [1.82, 2.24) is 9.88 Å². The summed E-state index contributed by atoms with van der Waals surface area (Å²) >= 11 is 8.74. The molecule has 0 unspecified atom stereocenters. The minimum absolute atomic E-state index is 0.0343. The molecule has 4 aromatic rings. The van der Waals surface area contributed by atoms with Crippen LogP contribution in [0, 0.1) is 6.92 Å². The first kappa shape index (κ1) is 22.3. The summed E-state index contributed by atoms with van der Waals surface area (Å²) in [4.78, 5) is 27.6. The maximum absolute atomic E-state index is 13.4. The quantitative estimate of drug-likeness (QED) is 0.213. The Morgan fingerprint density at radius 2 is 1.79 bits per heavy atom.